The molecule has 0 heterocycles. The number of benzene rings is 1. The van der Waals surface area contributed by atoms with E-state index in [0.717, 1.165) is 18.1 Å². The van der Waals surface area contributed by atoms with Crippen LogP contribution in [0.2, 0.25) is 0 Å². The lowest BCUT2D eigenvalue weighted by atomic mass is 10.3. The van der Waals surface area contributed by atoms with Gasteiger partial charge in [0.2, 0.25) is 0 Å². The summed E-state index contributed by atoms with van der Waals surface area (Å²) in [7, 11) is 3.66. The van der Waals surface area contributed by atoms with E-state index in [4.69, 9.17) is 9.47 Å². The standard InChI is InChI=1S/C12H17NO2/c1-13-12-7-9(12)8-15-11-5-3-10(14-2)4-6-11/h3-6,9,12-13H,7-8H2,1-2H3. The zero-order valence-corrected chi connectivity index (χ0v) is 9.19. The quantitative estimate of drug-likeness (QED) is 0.797. The molecule has 3 nitrogen and oxygen atoms in total. The first-order valence-electron chi connectivity index (χ1n) is 5.27. The Hall–Kier alpha value is -1.22. The van der Waals surface area contributed by atoms with Crippen LogP contribution in [-0.2, 0) is 0 Å². The lowest BCUT2D eigenvalue weighted by Gasteiger charge is -2.06. The van der Waals surface area contributed by atoms with E-state index in [1.165, 1.54) is 6.42 Å². The number of rotatable bonds is 5. The molecule has 0 aliphatic heterocycles. The largest absolute Gasteiger partial charge is 0.497 e. The van der Waals surface area contributed by atoms with E-state index in [1.54, 1.807) is 7.11 Å². The van der Waals surface area contributed by atoms with E-state index in [-0.39, 0.29) is 0 Å². The van der Waals surface area contributed by atoms with Crippen LogP contribution >= 0.6 is 0 Å². The van der Waals surface area contributed by atoms with Gasteiger partial charge < -0.3 is 14.8 Å². The molecule has 0 bridgehead atoms. The van der Waals surface area contributed by atoms with Crippen molar-refractivity contribution >= 4 is 0 Å². The molecule has 3 heteroatoms. The van der Waals surface area contributed by atoms with E-state index in [2.05, 4.69) is 5.32 Å². The van der Waals surface area contributed by atoms with Crippen LogP contribution < -0.4 is 14.8 Å². The third kappa shape index (κ3) is 2.63. The van der Waals surface area contributed by atoms with Crippen LogP contribution in [0, 0.1) is 5.92 Å². The third-order valence-corrected chi connectivity index (χ3v) is 2.82. The van der Waals surface area contributed by atoms with Crippen molar-refractivity contribution in [1.29, 1.82) is 0 Å². The second-order valence-electron chi connectivity index (χ2n) is 3.88. The smallest absolute Gasteiger partial charge is 0.119 e. The van der Waals surface area contributed by atoms with Gasteiger partial charge in [0, 0.05) is 12.0 Å². The van der Waals surface area contributed by atoms with Gasteiger partial charge in [-0.3, -0.25) is 0 Å². The maximum absolute atomic E-state index is 5.67. The van der Waals surface area contributed by atoms with E-state index in [1.807, 2.05) is 31.3 Å². The summed E-state index contributed by atoms with van der Waals surface area (Å²) in [6.45, 7) is 0.803. The van der Waals surface area contributed by atoms with Crippen molar-refractivity contribution in [2.45, 2.75) is 12.5 Å². The van der Waals surface area contributed by atoms with Crippen molar-refractivity contribution in [3.8, 4) is 11.5 Å². The van der Waals surface area contributed by atoms with Crippen molar-refractivity contribution in [3.63, 3.8) is 0 Å². The van der Waals surface area contributed by atoms with Gasteiger partial charge in [-0.05, 0) is 37.7 Å². The van der Waals surface area contributed by atoms with Crippen LogP contribution in [0.15, 0.2) is 24.3 Å². The van der Waals surface area contributed by atoms with Gasteiger partial charge in [-0.15, -0.1) is 0 Å². The summed E-state index contributed by atoms with van der Waals surface area (Å²) in [4.78, 5) is 0. The highest BCUT2D eigenvalue weighted by Crippen LogP contribution is 2.30. The lowest BCUT2D eigenvalue weighted by molar-refractivity contribution is 0.294. The summed E-state index contributed by atoms with van der Waals surface area (Å²) < 4.78 is 10.7. The Bertz CT molecular complexity index is 310. The number of hydrogen-bond donors (Lipinski definition) is 1. The summed E-state index contributed by atoms with van der Waals surface area (Å²) in [5.41, 5.74) is 0. The second-order valence-corrected chi connectivity index (χ2v) is 3.88. The van der Waals surface area contributed by atoms with Crippen LogP contribution in [0.25, 0.3) is 0 Å². The number of nitrogens with one attached hydrogen (secondary N) is 1. The van der Waals surface area contributed by atoms with Gasteiger partial charge in [-0.2, -0.15) is 0 Å². The third-order valence-electron chi connectivity index (χ3n) is 2.82. The number of ether oxygens (including phenoxy) is 2. The Balaban J connectivity index is 1.79. The zero-order valence-electron chi connectivity index (χ0n) is 9.19. The maximum Gasteiger partial charge on any atom is 0.119 e. The minimum atomic E-state index is 0.656. The highest BCUT2D eigenvalue weighted by molar-refractivity contribution is 5.31. The summed E-state index contributed by atoms with van der Waals surface area (Å²) in [5.74, 6) is 2.46. The SMILES string of the molecule is CNC1CC1COc1ccc(OC)cc1. The summed E-state index contributed by atoms with van der Waals surface area (Å²) in [6, 6.07) is 8.36. The van der Waals surface area contributed by atoms with Gasteiger partial charge in [-0.25, -0.2) is 0 Å². The van der Waals surface area contributed by atoms with Crippen molar-refractivity contribution in [3.05, 3.63) is 24.3 Å². The maximum atomic E-state index is 5.67. The molecule has 1 aliphatic carbocycles. The van der Waals surface area contributed by atoms with Gasteiger partial charge >= 0.3 is 0 Å². The Labute approximate surface area is 90.4 Å². The molecular formula is C12H17NO2. The molecule has 0 radical (unpaired) electrons. The number of methoxy groups -OCH3 is 1. The second kappa shape index (κ2) is 4.53. The fraction of sp³-hybridized carbons (Fsp3) is 0.500. The number of hydrogen-bond acceptors (Lipinski definition) is 3. The normalized spacial score (nSPS) is 23.6. The van der Waals surface area contributed by atoms with Gasteiger partial charge in [0.1, 0.15) is 11.5 Å². The predicted molar refractivity (Wildman–Crippen MR) is 59.4 cm³/mol. The molecule has 0 amide bonds. The van der Waals surface area contributed by atoms with E-state index in [0.29, 0.717) is 12.0 Å². The molecule has 0 saturated heterocycles. The molecule has 1 fully saturated rings. The molecule has 15 heavy (non-hydrogen) atoms. The van der Waals surface area contributed by atoms with Crippen LogP contribution in [-0.4, -0.2) is 26.8 Å². The Kier molecular flexibility index (Phi) is 3.11. The van der Waals surface area contributed by atoms with Gasteiger partial charge in [0.25, 0.3) is 0 Å². The molecular weight excluding hydrogens is 190 g/mol. The van der Waals surface area contributed by atoms with Crippen LogP contribution in [0.1, 0.15) is 6.42 Å². The van der Waals surface area contributed by atoms with Gasteiger partial charge in [0.15, 0.2) is 0 Å². The van der Waals surface area contributed by atoms with Gasteiger partial charge in [0.05, 0.1) is 13.7 Å². The van der Waals surface area contributed by atoms with E-state index < -0.39 is 0 Å². The first-order chi connectivity index (χ1) is 7.33. The van der Waals surface area contributed by atoms with Crippen LogP contribution in [0.4, 0.5) is 0 Å². The molecule has 1 saturated carbocycles. The zero-order chi connectivity index (χ0) is 10.7. The Morgan fingerprint density at radius 2 is 1.93 bits per heavy atom. The Morgan fingerprint density at radius 3 is 2.47 bits per heavy atom. The van der Waals surface area contributed by atoms with E-state index >= 15 is 0 Å². The highest BCUT2D eigenvalue weighted by atomic mass is 16.5. The highest BCUT2D eigenvalue weighted by Gasteiger charge is 2.36. The molecule has 2 unspecified atom stereocenters. The lowest BCUT2D eigenvalue weighted by Crippen LogP contribution is -2.14. The van der Waals surface area contributed by atoms with Crippen molar-refractivity contribution in [1.82, 2.24) is 5.32 Å². The molecule has 0 spiro atoms. The Morgan fingerprint density at radius 1 is 1.27 bits per heavy atom. The summed E-state index contributed by atoms with van der Waals surface area (Å²) in [5, 5.41) is 3.24. The van der Waals surface area contributed by atoms with Crippen molar-refractivity contribution in [2.75, 3.05) is 20.8 Å². The average molecular weight is 207 g/mol. The van der Waals surface area contributed by atoms with Crippen molar-refractivity contribution in [2.24, 2.45) is 5.92 Å². The molecule has 0 aromatic heterocycles. The van der Waals surface area contributed by atoms with Gasteiger partial charge in [-0.1, -0.05) is 0 Å². The first kappa shape index (κ1) is 10.3. The van der Waals surface area contributed by atoms with E-state index in [9.17, 15) is 0 Å². The summed E-state index contributed by atoms with van der Waals surface area (Å²) in [6.07, 6.45) is 1.23. The minimum Gasteiger partial charge on any atom is -0.497 e. The molecule has 2 atom stereocenters. The molecule has 1 aromatic carbocycles. The fourth-order valence-electron chi connectivity index (χ4n) is 1.66. The molecule has 1 aliphatic rings. The molecule has 82 valence electrons. The molecule has 1 N–H and O–H groups in total. The van der Waals surface area contributed by atoms with Crippen molar-refractivity contribution < 1.29 is 9.47 Å². The fourth-order valence-corrected chi connectivity index (χ4v) is 1.66. The molecule has 1 aromatic rings. The first-order valence-corrected chi connectivity index (χ1v) is 5.27. The van der Waals surface area contributed by atoms with Crippen LogP contribution in [0.5, 0.6) is 11.5 Å². The van der Waals surface area contributed by atoms with Crippen LogP contribution in [0.3, 0.4) is 0 Å². The molecule has 2 rings (SSSR count). The monoisotopic (exact) mass is 207 g/mol. The predicted octanol–water partition coefficient (Wildman–Crippen LogP) is 1.68. The topological polar surface area (TPSA) is 30.5 Å². The minimum absolute atomic E-state index is 0.656. The summed E-state index contributed by atoms with van der Waals surface area (Å²) >= 11 is 0. The average Bonchev–Trinajstić information content (AvgIpc) is 3.06.